The fraction of sp³-hybridized carbons (Fsp3) is 0.208. The van der Waals surface area contributed by atoms with E-state index in [0.717, 1.165) is 17.5 Å². The van der Waals surface area contributed by atoms with Gasteiger partial charge < -0.3 is 10.1 Å². The normalized spacial score (nSPS) is 11.2. The van der Waals surface area contributed by atoms with E-state index < -0.39 is 10.0 Å². The van der Waals surface area contributed by atoms with Crippen LogP contribution in [0.25, 0.3) is 11.1 Å². The highest BCUT2D eigenvalue weighted by Crippen LogP contribution is 2.23. The van der Waals surface area contributed by atoms with Gasteiger partial charge in [-0.1, -0.05) is 24.3 Å². The summed E-state index contributed by atoms with van der Waals surface area (Å²) in [5.41, 5.74) is 2.35. The molecular formula is C24H25FN2O4S. The summed E-state index contributed by atoms with van der Waals surface area (Å²) in [6.07, 6.45) is 0.720. The van der Waals surface area contributed by atoms with Crippen LogP contribution >= 0.6 is 0 Å². The SMILES string of the molecule is CCOCCCNC(=O)c1ccc(NS(=O)(=O)c2ccc(-c3ccc(F)cc3)cc2)cc1. The summed E-state index contributed by atoms with van der Waals surface area (Å²) in [5, 5.41) is 2.79. The molecule has 0 saturated carbocycles. The monoisotopic (exact) mass is 456 g/mol. The number of carbonyl (C=O) groups excluding carboxylic acids is 1. The topological polar surface area (TPSA) is 84.5 Å². The van der Waals surface area contributed by atoms with Crippen LogP contribution < -0.4 is 10.0 Å². The molecule has 3 aromatic rings. The molecule has 0 spiro atoms. The number of sulfonamides is 1. The Hall–Kier alpha value is -3.23. The Bertz CT molecular complexity index is 1130. The predicted octanol–water partition coefficient (Wildman–Crippen LogP) is 4.45. The molecule has 0 aliphatic rings. The van der Waals surface area contributed by atoms with Crippen molar-refractivity contribution in [3.63, 3.8) is 0 Å². The number of amides is 1. The van der Waals surface area contributed by atoms with Gasteiger partial charge >= 0.3 is 0 Å². The lowest BCUT2D eigenvalue weighted by molar-refractivity contribution is 0.0944. The van der Waals surface area contributed by atoms with Crippen molar-refractivity contribution in [3.05, 3.63) is 84.2 Å². The molecule has 3 aromatic carbocycles. The van der Waals surface area contributed by atoms with E-state index in [-0.39, 0.29) is 16.6 Å². The second-order valence-corrected chi connectivity index (χ2v) is 8.70. The van der Waals surface area contributed by atoms with Gasteiger partial charge in [-0.25, -0.2) is 12.8 Å². The van der Waals surface area contributed by atoms with E-state index in [1.54, 1.807) is 48.5 Å². The van der Waals surface area contributed by atoms with E-state index in [1.807, 2.05) is 6.92 Å². The highest BCUT2D eigenvalue weighted by Gasteiger charge is 2.15. The van der Waals surface area contributed by atoms with Crippen LogP contribution in [0.2, 0.25) is 0 Å². The molecule has 0 atom stereocenters. The van der Waals surface area contributed by atoms with Crippen molar-refractivity contribution in [3.8, 4) is 11.1 Å². The lowest BCUT2D eigenvalue weighted by atomic mass is 10.1. The molecule has 0 saturated heterocycles. The van der Waals surface area contributed by atoms with Gasteiger partial charge in [0.2, 0.25) is 0 Å². The number of nitrogens with one attached hydrogen (secondary N) is 2. The third-order valence-electron chi connectivity index (χ3n) is 4.70. The van der Waals surface area contributed by atoms with Crippen LogP contribution in [0.3, 0.4) is 0 Å². The molecule has 0 aliphatic heterocycles. The lowest BCUT2D eigenvalue weighted by Gasteiger charge is -2.10. The van der Waals surface area contributed by atoms with Crippen molar-refractivity contribution in [2.45, 2.75) is 18.2 Å². The highest BCUT2D eigenvalue weighted by molar-refractivity contribution is 7.92. The van der Waals surface area contributed by atoms with Crippen LogP contribution in [-0.2, 0) is 14.8 Å². The minimum atomic E-state index is -3.80. The molecule has 0 heterocycles. The average Bonchev–Trinajstić information content (AvgIpc) is 2.80. The maximum Gasteiger partial charge on any atom is 0.261 e. The molecule has 168 valence electrons. The van der Waals surface area contributed by atoms with E-state index in [0.29, 0.717) is 31.0 Å². The number of rotatable bonds is 10. The zero-order chi connectivity index (χ0) is 23.0. The Balaban J connectivity index is 1.61. The Labute approximate surface area is 187 Å². The van der Waals surface area contributed by atoms with Gasteiger partial charge in [0.1, 0.15) is 5.82 Å². The second-order valence-electron chi connectivity index (χ2n) is 7.02. The molecule has 8 heteroatoms. The summed E-state index contributed by atoms with van der Waals surface area (Å²) in [6, 6.07) is 18.5. The number of halogens is 1. The van der Waals surface area contributed by atoms with Crippen LogP contribution in [-0.4, -0.2) is 34.1 Å². The number of hydrogen-bond acceptors (Lipinski definition) is 4. The zero-order valence-corrected chi connectivity index (χ0v) is 18.5. The Kier molecular flexibility index (Phi) is 7.97. The van der Waals surface area contributed by atoms with Gasteiger partial charge in [0, 0.05) is 31.0 Å². The Morgan fingerprint density at radius 1 is 0.906 bits per heavy atom. The number of hydrogen-bond donors (Lipinski definition) is 2. The molecule has 32 heavy (non-hydrogen) atoms. The van der Waals surface area contributed by atoms with Gasteiger partial charge in [-0.2, -0.15) is 0 Å². The summed E-state index contributed by atoms with van der Waals surface area (Å²) < 4.78 is 46.2. The molecular weight excluding hydrogens is 431 g/mol. The van der Waals surface area contributed by atoms with Crippen LogP contribution in [0, 0.1) is 5.82 Å². The largest absolute Gasteiger partial charge is 0.382 e. The summed E-state index contributed by atoms with van der Waals surface area (Å²) in [7, 11) is -3.80. The molecule has 0 bridgehead atoms. The van der Waals surface area contributed by atoms with Gasteiger partial charge in [0.25, 0.3) is 15.9 Å². The third-order valence-corrected chi connectivity index (χ3v) is 6.09. The van der Waals surface area contributed by atoms with Crippen molar-refractivity contribution in [1.29, 1.82) is 0 Å². The lowest BCUT2D eigenvalue weighted by Crippen LogP contribution is -2.25. The van der Waals surface area contributed by atoms with Gasteiger partial charge in [-0.3, -0.25) is 9.52 Å². The van der Waals surface area contributed by atoms with E-state index in [9.17, 15) is 17.6 Å². The maximum absolute atomic E-state index is 13.1. The molecule has 0 unspecified atom stereocenters. The number of ether oxygens (including phenoxy) is 1. The van der Waals surface area contributed by atoms with Gasteiger partial charge in [-0.15, -0.1) is 0 Å². The quantitative estimate of drug-likeness (QED) is 0.442. The van der Waals surface area contributed by atoms with Crippen LogP contribution in [0.1, 0.15) is 23.7 Å². The Morgan fingerprint density at radius 3 is 2.09 bits per heavy atom. The fourth-order valence-electron chi connectivity index (χ4n) is 3.00. The highest BCUT2D eigenvalue weighted by atomic mass is 32.2. The predicted molar refractivity (Wildman–Crippen MR) is 123 cm³/mol. The second kappa shape index (κ2) is 10.9. The molecule has 6 nitrogen and oxygen atoms in total. The smallest absolute Gasteiger partial charge is 0.261 e. The first-order valence-electron chi connectivity index (χ1n) is 10.2. The Morgan fingerprint density at radius 2 is 1.50 bits per heavy atom. The van der Waals surface area contributed by atoms with E-state index >= 15 is 0 Å². The van der Waals surface area contributed by atoms with Crippen LogP contribution in [0.5, 0.6) is 0 Å². The minimum absolute atomic E-state index is 0.0967. The minimum Gasteiger partial charge on any atom is -0.382 e. The molecule has 0 radical (unpaired) electrons. The first-order chi connectivity index (χ1) is 15.4. The van der Waals surface area contributed by atoms with Crippen molar-refractivity contribution in [2.24, 2.45) is 0 Å². The third kappa shape index (κ3) is 6.38. The first-order valence-corrected chi connectivity index (χ1v) is 11.7. The van der Waals surface area contributed by atoms with E-state index in [2.05, 4.69) is 10.0 Å². The number of anilines is 1. The summed E-state index contributed by atoms with van der Waals surface area (Å²) in [6.45, 7) is 3.64. The standard InChI is InChI=1S/C24H25FN2O4S/c1-2-31-17-3-16-26-24(28)20-6-12-22(13-7-20)27-32(29,30)23-14-8-19(9-15-23)18-4-10-21(25)11-5-18/h4-15,27H,2-3,16-17H2,1H3,(H,26,28). The molecule has 0 aliphatic carbocycles. The number of benzene rings is 3. The fourth-order valence-corrected chi connectivity index (χ4v) is 4.05. The summed E-state index contributed by atoms with van der Waals surface area (Å²) >= 11 is 0. The molecule has 3 rings (SSSR count). The van der Waals surface area contributed by atoms with Crippen molar-refractivity contribution >= 4 is 21.6 Å². The van der Waals surface area contributed by atoms with Gasteiger partial charge in [0.05, 0.1) is 4.90 Å². The van der Waals surface area contributed by atoms with Crippen LogP contribution in [0.4, 0.5) is 10.1 Å². The maximum atomic E-state index is 13.1. The molecule has 2 N–H and O–H groups in total. The van der Waals surface area contributed by atoms with Crippen molar-refractivity contribution < 1.29 is 22.3 Å². The molecule has 0 aromatic heterocycles. The van der Waals surface area contributed by atoms with E-state index in [4.69, 9.17) is 4.74 Å². The summed E-state index contributed by atoms with van der Waals surface area (Å²) in [4.78, 5) is 12.2. The van der Waals surface area contributed by atoms with Crippen molar-refractivity contribution in [2.75, 3.05) is 24.5 Å². The molecule has 1 amide bonds. The van der Waals surface area contributed by atoms with Gasteiger partial charge in [0.15, 0.2) is 0 Å². The zero-order valence-electron chi connectivity index (χ0n) is 17.7. The van der Waals surface area contributed by atoms with Crippen LogP contribution in [0.15, 0.2) is 77.7 Å². The van der Waals surface area contributed by atoms with Gasteiger partial charge in [-0.05, 0) is 73.0 Å². The van der Waals surface area contributed by atoms with Crippen molar-refractivity contribution in [1.82, 2.24) is 5.32 Å². The number of carbonyl (C=O) groups is 1. The first kappa shape index (κ1) is 23.4. The van der Waals surface area contributed by atoms with E-state index in [1.165, 1.54) is 24.3 Å². The molecule has 0 fully saturated rings. The summed E-state index contributed by atoms with van der Waals surface area (Å²) in [5.74, 6) is -0.561. The average molecular weight is 457 g/mol.